The lowest BCUT2D eigenvalue weighted by molar-refractivity contribution is -0.132. The highest BCUT2D eigenvalue weighted by Gasteiger charge is 2.26. The molecule has 0 aliphatic carbocycles. The van der Waals surface area contributed by atoms with Crippen LogP contribution in [0.3, 0.4) is 0 Å². The monoisotopic (exact) mass is 435 g/mol. The van der Waals surface area contributed by atoms with Gasteiger partial charge in [-0.25, -0.2) is 0 Å². The van der Waals surface area contributed by atoms with E-state index in [-0.39, 0.29) is 11.8 Å². The Balaban J connectivity index is 1.19. The summed E-state index contributed by atoms with van der Waals surface area (Å²) in [5.74, 6) is 2.45. The largest absolute Gasteiger partial charge is 0.497 e. The molecule has 1 aliphatic rings. The number of benzene rings is 2. The predicted molar refractivity (Wildman–Crippen MR) is 119 cm³/mol. The van der Waals surface area contributed by atoms with E-state index in [0.29, 0.717) is 31.3 Å². The van der Waals surface area contributed by atoms with E-state index < -0.39 is 0 Å². The standard InChI is InChI=1S/C25H29N3O4/c1-30-22-10-7-19(8-11-22)9-12-24(29)28-15-13-21(14-16-28)25-26-23(32-27-25)18-31-17-20-5-3-2-4-6-20/h2-8,10-11,21H,9,12-18H2,1H3. The van der Waals surface area contributed by atoms with Crippen LogP contribution in [0.5, 0.6) is 5.75 Å². The number of hydrogen-bond donors (Lipinski definition) is 0. The molecule has 0 atom stereocenters. The van der Waals surface area contributed by atoms with Crippen molar-refractivity contribution < 1.29 is 18.8 Å². The molecule has 0 saturated carbocycles. The first-order valence-electron chi connectivity index (χ1n) is 11.1. The Morgan fingerprint density at radius 1 is 1.03 bits per heavy atom. The molecule has 2 heterocycles. The third kappa shape index (κ3) is 5.95. The Morgan fingerprint density at radius 2 is 1.78 bits per heavy atom. The second-order valence-electron chi connectivity index (χ2n) is 8.03. The molecule has 168 valence electrons. The van der Waals surface area contributed by atoms with E-state index in [1.807, 2.05) is 59.5 Å². The number of amides is 1. The first kappa shape index (κ1) is 22.0. The van der Waals surface area contributed by atoms with Crippen molar-refractivity contribution in [2.75, 3.05) is 20.2 Å². The van der Waals surface area contributed by atoms with Gasteiger partial charge in [0, 0.05) is 25.4 Å². The molecule has 1 aromatic heterocycles. The predicted octanol–water partition coefficient (Wildman–Crippen LogP) is 4.13. The fourth-order valence-electron chi connectivity index (χ4n) is 3.91. The van der Waals surface area contributed by atoms with Crippen LogP contribution in [0.2, 0.25) is 0 Å². The summed E-state index contributed by atoms with van der Waals surface area (Å²) in [5.41, 5.74) is 2.25. The number of piperidine rings is 1. The maximum atomic E-state index is 12.6. The van der Waals surface area contributed by atoms with Gasteiger partial charge >= 0.3 is 0 Å². The maximum absolute atomic E-state index is 12.6. The minimum atomic E-state index is 0.197. The van der Waals surface area contributed by atoms with E-state index in [1.54, 1.807) is 7.11 Å². The highest BCUT2D eigenvalue weighted by Crippen LogP contribution is 2.26. The van der Waals surface area contributed by atoms with Crippen molar-refractivity contribution in [3.8, 4) is 5.75 Å². The minimum Gasteiger partial charge on any atom is -0.497 e. The zero-order valence-corrected chi connectivity index (χ0v) is 18.4. The molecule has 1 amide bonds. The van der Waals surface area contributed by atoms with Crippen LogP contribution in [-0.4, -0.2) is 41.1 Å². The lowest BCUT2D eigenvalue weighted by atomic mass is 9.95. The number of carbonyl (C=O) groups excluding carboxylic acids is 1. The van der Waals surface area contributed by atoms with Crippen LogP contribution in [0, 0.1) is 0 Å². The topological polar surface area (TPSA) is 77.7 Å². The van der Waals surface area contributed by atoms with E-state index in [2.05, 4.69) is 10.1 Å². The van der Waals surface area contributed by atoms with Gasteiger partial charge in [-0.3, -0.25) is 4.79 Å². The van der Waals surface area contributed by atoms with Crippen molar-refractivity contribution in [2.24, 2.45) is 0 Å². The highest BCUT2D eigenvalue weighted by atomic mass is 16.5. The van der Waals surface area contributed by atoms with Crippen molar-refractivity contribution in [1.29, 1.82) is 0 Å². The summed E-state index contributed by atoms with van der Waals surface area (Å²) in [6.45, 7) is 2.25. The Labute approximate surface area is 188 Å². The number of aromatic nitrogens is 2. The van der Waals surface area contributed by atoms with Crippen molar-refractivity contribution in [3.05, 3.63) is 77.4 Å². The molecule has 32 heavy (non-hydrogen) atoms. The lowest BCUT2D eigenvalue weighted by Gasteiger charge is -2.30. The first-order chi connectivity index (χ1) is 15.7. The number of nitrogens with zero attached hydrogens (tertiary/aromatic N) is 3. The van der Waals surface area contributed by atoms with Crippen LogP contribution in [0.1, 0.15) is 48.0 Å². The fraction of sp³-hybridized carbons (Fsp3) is 0.400. The van der Waals surface area contributed by atoms with Gasteiger partial charge in [-0.05, 0) is 42.5 Å². The molecule has 1 saturated heterocycles. The molecule has 0 radical (unpaired) electrons. The molecule has 1 fully saturated rings. The molecule has 3 aromatic rings. The molecule has 0 spiro atoms. The second-order valence-corrected chi connectivity index (χ2v) is 8.03. The number of aryl methyl sites for hydroxylation is 1. The van der Waals surface area contributed by atoms with Gasteiger partial charge in [0.05, 0.1) is 13.7 Å². The van der Waals surface area contributed by atoms with Gasteiger partial charge < -0.3 is 18.9 Å². The molecule has 0 N–H and O–H groups in total. The van der Waals surface area contributed by atoms with Crippen molar-refractivity contribution in [3.63, 3.8) is 0 Å². The van der Waals surface area contributed by atoms with Crippen LogP contribution >= 0.6 is 0 Å². The second kappa shape index (κ2) is 10.9. The van der Waals surface area contributed by atoms with Crippen molar-refractivity contribution in [1.82, 2.24) is 15.0 Å². The normalized spacial score (nSPS) is 14.5. The number of carbonyl (C=O) groups is 1. The van der Waals surface area contributed by atoms with Gasteiger partial charge in [-0.2, -0.15) is 4.98 Å². The Bertz CT molecular complexity index is 980. The van der Waals surface area contributed by atoms with Crippen LogP contribution in [-0.2, 0) is 29.2 Å². The molecule has 1 aliphatic heterocycles. The summed E-state index contributed by atoms with van der Waals surface area (Å²) < 4.78 is 16.2. The summed E-state index contributed by atoms with van der Waals surface area (Å²) in [6, 6.07) is 17.9. The Hall–Kier alpha value is -3.19. The quantitative estimate of drug-likeness (QED) is 0.503. The average molecular weight is 436 g/mol. The number of methoxy groups -OCH3 is 1. The van der Waals surface area contributed by atoms with Gasteiger partial charge in [-0.1, -0.05) is 47.6 Å². The molecular weight excluding hydrogens is 406 g/mol. The van der Waals surface area contributed by atoms with E-state index in [1.165, 1.54) is 0 Å². The molecule has 7 nitrogen and oxygen atoms in total. The van der Waals surface area contributed by atoms with Crippen LogP contribution in [0.15, 0.2) is 59.1 Å². The van der Waals surface area contributed by atoms with E-state index in [4.69, 9.17) is 14.0 Å². The van der Waals surface area contributed by atoms with Gasteiger partial charge in [-0.15, -0.1) is 0 Å². The summed E-state index contributed by atoms with van der Waals surface area (Å²) >= 11 is 0. The summed E-state index contributed by atoms with van der Waals surface area (Å²) in [4.78, 5) is 19.1. The number of ether oxygens (including phenoxy) is 2. The summed E-state index contributed by atoms with van der Waals surface area (Å²) in [7, 11) is 1.65. The molecule has 0 bridgehead atoms. The number of hydrogen-bond acceptors (Lipinski definition) is 6. The average Bonchev–Trinajstić information content (AvgIpc) is 3.32. The van der Waals surface area contributed by atoms with Crippen LogP contribution in [0.4, 0.5) is 0 Å². The van der Waals surface area contributed by atoms with E-state index in [9.17, 15) is 4.79 Å². The molecule has 7 heteroatoms. The molecule has 0 unspecified atom stereocenters. The minimum absolute atomic E-state index is 0.197. The third-order valence-electron chi connectivity index (χ3n) is 5.82. The zero-order chi connectivity index (χ0) is 22.2. The smallest absolute Gasteiger partial charge is 0.252 e. The fourth-order valence-corrected chi connectivity index (χ4v) is 3.91. The highest BCUT2D eigenvalue weighted by molar-refractivity contribution is 5.76. The SMILES string of the molecule is COc1ccc(CCC(=O)N2CCC(c3noc(COCc4ccccc4)n3)CC2)cc1. The Kier molecular flexibility index (Phi) is 7.51. The van der Waals surface area contributed by atoms with Crippen molar-refractivity contribution >= 4 is 5.91 Å². The third-order valence-corrected chi connectivity index (χ3v) is 5.82. The van der Waals surface area contributed by atoms with E-state index in [0.717, 1.165) is 49.2 Å². The van der Waals surface area contributed by atoms with Crippen LogP contribution < -0.4 is 4.74 Å². The van der Waals surface area contributed by atoms with E-state index >= 15 is 0 Å². The molecular formula is C25H29N3O4. The number of likely N-dealkylation sites (tertiary alicyclic amines) is 1. The van der Waals surface area contributed by atoms with Crippen molar-refractivity contribution in [2.45, 2.75) is 44.8 Å². The molecule has 2 aromatic carbocycles. The van der Waals surface area contributed by atoms with Crippen LogP contribution in [0.25, 0.3) is 0 Å². The van der Waals surface area contributed by atoms with Gasteiger partial charge in [0.1, 0.15) is 12.4 Å². The van der Waals surface area contributed by atoms with Gasteiger partial charge in [0.25, 0.3) is 5.89 Å². The first-order valence-corrected chi connectivity index (χ1v) is 11.1. The lowest BCUT2D eigenvalue weighted by Crippen LogP contribution is -2.38. The zero-order valence-electron chi connectivity index (χ0n) is 18.4. The molecule has 4 rings (SSSR count). The Morgan fingerprint density at radius 3 is 2.50 bits per heavy atom. The summed E-state index contributed by atoms with van der Waals surface area (Å²) in [5, 5.41) is 4.15. The maximum Gasteiger partial charge on any atom is 0.252 e. The number of rotatable bonds is 9. The van der Waals surface area contributed by atoms with Gasteiger partial charge in [0.15, 0.2) is 5.82 Å². The summed E-state index contributed by atoms with van der Waals surface area (Å²) in [6.07, 6.45) is 2.94. The van der Waals surface area contributed by atoms with Gasteiger partial charge in [0.2, 0.25) is 5.91 Å².